The Morgan fingerprint density at radius 2 is 2.06 bits per heavy atom. The molecule has 1 aromatic rings. The van der Waals surface area contributed by atoms with Crippen LogP contribution in [0.4, 0.5) is 4.39 Å². The van der Waals surface area contributed by atoms with Crippen molar-refractivity contribution in [2.24, 2.45) is 10.7 Å². The number of pyridine rings is 1. The van der Waals surface area contributed by atoms with E-state index in [0.29, 0.717) is 11.7 Å². The molecule has 0 amide bonds. The van der Waals surface area contributed by atoms with Gasteiger partial charge in [-0.1, -0.05) is 12.8 Å². The molecule has 0 aliphatic carbocycles. The second kappa shape index (κ2) is 6.33. The Labute approximate surface area is 107 Å². The molecule has 18 heavy (non-hydrogen) atoms. The van der Waals surface area contributed by atoms with E-state index in [-0.39, 0.29) is 12.4 Å². The zero-order chi connectivity index (χ0) is 12.8. The lowest BCUT2D eigenvalue weighted by molar-refractivity contribution is 0.428. The predicted molar refractivity (Wildman–Crippen MR) is 69.6 cm³/mol. The Balaban J connectivity index is 1.97. The molecule has 98 valence electrons. The van der Waals surface area contributed by atoms with Crippen LogP contribution in [0.15, 0.2) is 23.3 Å². The Morgan fingerprint density at radius 1 is 1.33 bits per heavy atom. The monoisotopic (exact) mass is 250 g/mol. The van der Waals surface area contributed by atoms with E-state index in [1.54, 1.807) is 12.3 Å². The fourth-order valence-corrected chi connectivity index (χ4v) is 2.09. The molecule has 1 fully saturated rings. The van der Waals surface area contributed by atoms with Crippen molar-refractivity contribution in [1.82, 2.24) is 9.88 Å². The van der Waals surface area contributed by atoms with Crippen molar-refractivity contribution < 1.29 is 4.39 Å². The van der Waals surface area contributed by atoms with Crippen molar-refractivity contribution in [2.75, 3.05) is 13.1 Å². The van der Waals surface area contributed by atoms with Crippen molar-refractivity contribution in [3.8, 4) is 0 Å². The van der Waals surface area contributed by atoms with Gasteiger partial charge in [-0.2, -0.15) is 0 Å². The Hall–Kier alpha value is -1.65. The highest BCUT2D eigenvalue weighted by atomic mass is 19.1. The molecule has 0 aromatic carbocycles. The third kappa shape index (κ3) is 3.42. The van der Waals surface area contributed by atoms with Crippen LogP contribution in [-0.4, -0.2) is 28.9 Å². The average molecular weight is 250 g/mol. The summed E-state index contributed by atoms with van der Waals surface area (Å²) in [6, 6.07) is 2.96. The Morgan fingerprint density at radius 3 is 2.72 bits per heavy atom. The number of guanidine groups is 1. The maximum absolute atomic E-state index is 13.4. The van der Waals surface area contributed by atoms with Gasteiger partial charge < -0.3 is 10.6 Å². The second-order valence-corrected chi connectivity index (χ2v) is 4.51. The molecule has 1 aliphatic heterocycles. The Kier molecular flexibility index (Phi) is 4.50. The average Bonchev–Trinajstić information content (AvgIpc) is 2.66. The quantitative estimate of drug-likeness (QED) is 0.644. The first-order valence-electron chi connectivity index (χ1n) is 6.41. The summed E-state index contributed by atoms with van der Waals surface area (Å²) in [5, 5.41) is 0. The molecule has 0 unspecified atom stereocenters. The summed E-state index contributed by atoms with van der Waals surface area (Å²) >= 11 is 0. The van der Waals surface area contributed by atoms with E-state index in [1.807, 2.05) is 0 Å². The molecule has 2 rings (SSSR count). The van der Waals surface area contributed by atoms with Crippen LogP contribution >= 0.6 is 0 Å². The van der Waals surface area contributed by atoms with Crippen LogP contribution < -0.4 is 5.73 Å². The van der Waals surface area contributed by atoms with Crippen LogP contribution in [0.25, 0.3) is 0 Å². The van der Waals surface area contributed by atoms with Gasteiger partial charge in [-0.3, -0.25) is 4.98 Å². The van der Waals surface area contributed by atoms with Gasteiger partial charge in [-0.05, 0) is 25.0 Å². The topological polar surface area (TPSA) is 54.5 Å². The number of nitrogens with two attached hydrogens (primary N) is 1. The number of nitrogens with zero attached hydrogens (tertiary/aromatic N) is 3. The summed E-state index contributed by atoms with van der Waals surface area (Å²) in [6.45, 7) is 2.09. The number of halogens is 1. The van der Waals surface area contributed by atoms with Gasteiger partial charge in [0.1, 0.15) is 5.82 Å². The third-order valence-corrected chi connectivity index (χ3v) is 3.16. The zero-order valence-corrected chi connectivity index (χ0v) is 10.5. The minimum atomic E-state index is -0.329. The van der Waals surface area contributed by atoms with Gasteiger partial charge in [0.05, 0.1) is 12.2 Å². The lowest BCUT2D eigenvalue weighted by Crippen LogP contribution is -2.38. The minimum absolute atomic E-state index is 0.203. The second-order valence-electron chi connectivity index (χ2n) is 4.51. The lowest BCUT2D eigenvalue weighted by atomic mass is 10.2. The van der Waals surface area contributed by atoms with Crippen molar-refractivity contribution in [1.29, 1.82) is 0 Å². The lowest BCUT2D eigenvalue weighted by Gasteiger charge is -2.20. The number of aromatic nitrogens is 1. The van der Waals surface area contributed by atoms with Crippen molar-refractivity contribution in [3.05, 3.63) is 29.8 Å². The van der Waals surface area contributed by atoms with Gasteiger partial charge in [0.15, 0.2) is 5.96 Å². The van der Waals surface area contributed by atoms with Crippen molar-refractivity contribution >= 4 is 5.96 Å². The molecule has 0 radical (unpaired) electrons. The molecule has 0 atom stereocenters. The molecule has 0 bridgehead atoms. The minimum Gasteiger partial charge on any atom is -0.370 e. The van der Waals surface area contributed by atoms with Crippen LogP contribution in [0.5, 0.6) is 0 Å². The normalized spacial score (nSPS) is 17.6. The molecule has 2 heterocycles. The maximum atomic E-state index is 13.4. The molecule has 2 N–H and O–H groups in total. The number of rotatable bonds is 2. The molecule has 4 nitrogen and oxygen atoms in total. The summed E-state index contributed by atoms with van der Waals surface area (Å²) in [5.41, 5.74) is 6.28. The van der Waals surface area contributed by atoms with Gasteiger partial charge in [-0.15, -0.1) is 0 Å². The van der Waals surface area contributed by atoms with E-state index < -0.39 is 0 Å². The summed E-state index contributed by atoms with van der Waals surface area (Å²) in [6.07, 6.45) is 6.36. The maximum Gasteiger partial charge on any atom is 0.191 e. The highest BCUT2D eigenvalue weighted by molar-refractivity contribution is 5.78. The largest absolute Gasteiger partial charge is 0.370 e. The molecule has 0 spiro atoms. The van der Waals surface area contributed by atoms with Gasteiger partial charge in [0, 0.05) is 19.3 Å². The van der Waals surface area contributed by atoms with E-state index >= 15 is 0 Å². The number of hydrogen-bond donors (Lipinski definition) is 1. The number of hydrogen-bond acceptors (Lipinski definition) is 2. The predicted octanol–water partition coefficient (Wildman–Crippen LogP) is 1.91. The summed E-state index contributed by atoms with van der Waals surface area (Å²) < 4.78 is 13.4. The van der Waals surface area contributed by atoms with E-state index in [1.165, 1.54) is 18.9 Å². The number of likely N-dealkylation sites (tertiary alicyclic amines) is 1. The van der Waals surface area contributed by atoms with Crippen LogP contribution in [0, 0.1) is 5.82 Å². The van der Waals surface area contributed by atoms with E-state index in [2.05, 4.69) is 14.9 Å². The first kappa shape index (κ1) is 12.8. The van der Waals surface area contributed by atoms with Gasteiger partial charge in [0.2, 0.25) is 0 Å². The molecule has 5 heteroatoms. The van der Waals surface area contributed by atoms with Crippen molar-refractivity contribution in [2.45, 2.75) is 32.2 Å². The van der Waals surface area contributed by atoms with Crippen LogP contribution in [0.1, 0.15) is 31.4 Å². The van der Waals surface area contributed by atoms with E-state index in [4.69, 9.17) is 5.73 Å². The van der Waals surface area contributed by atoms with Gasteiger partial charge in [-0.25, -0.2) is 9.38 Å². The Bertz CT molecular complexity index is 411. The molecule has 0 saturated carbocycles. The summed E-state index contributed by atoms with van der Waals surface area (Å²) in [5.74, 6) is 0.173. The van der Waals surface area contributed by atoms with Crippen molar-refractivity contribution in [3.63, 3.8) is 0 Å². The van der Waals surface area contributed by atoms with Crippen LogP contribution in [0.3, 0.4) is 0 Å². The SMILES string of the molecule is NC(=NCc1ncccc1F)N1CCCCCC1. The molecular formula is C13H19FN4. The van der Waals surface area contributed by atoms with Crippen LogP contribution in [-0.2, 0) is 6.54 Å². The van der Waals surface area contributed by atoms with Gasteiger partial charge in [0.25, 0.3) is 0 Å². The zero-order valence-electron chi connectivity index (χ0n) is 10.5. The van der Waals surface area contributed by atoms with Crippen LogP contribution in [0.2, 0.25) is 0 Å². The smallest absolute Gasteiger partial charge is 0.191 e. The summed E-state index contributed by atoms with van der Waals surface area (Å²) in [4.78, 5) is 10.3. The summed E-state index contributed by atoms with van der Waals surface area (Å²) in [7, 11) is 0. The fourth-order valence-electron chi connectivity index (χ4n) is 2.09. The first-order chi connectivity index (χ1) is 8.77. The fraction of sp³-hybridized carbons (Fsp3) is 0.538. The standard InChI is InChI=1S/C13H19FN4/c14-11-6-5-7-16-12(11)10-17-13(15)18-8-3-1-2-4-9-18/h5-7H,1-4,8-10H2,(H2,15,17). The number of aliphatic imine (C=N–C) groups is 1. The highest BCUT2D eigenvalue weighted by Gasteiger charge is 2.11. The van der Waals surface area contributed by atoms with E-state index in [0.717, 1.165) is 25.9 Å². The molecule has 1 saturated heterocycles. The molecule has 1 aliphatic rings. The third-order valence-electron chi connectivity index (χ3n) is 3.16. The first-order valence-corrected chi connectivity index (χ1v) is 6.41. The van der Waals surface area contributed by atoms with Gasteiger partial charge >= 0.3 is 0 Å². The molecule has 1 aromatic heterocycles. The molecular weight excluding hydrogens is 231 g/mol. The highest BCUT2D eigenvalue weighted by Crippen LogP contribution is 2.10. The van der Waals surface area contributed by atoms with E-state index in [9.17, 15) is 4.39 Å².